The van der Waals surface area contributed by atoms with Crippen molar-refractivity contribution in [3.63, 3.8) is 0 Å². The van der Waals surface area contributed by atoms with Crippen molar-refractivity contribution in [1.82, 2.24) is 4.98 Å². The number of aromatic nitrogens is 1. The maximum atomic E-state index is 10.6. The minimum Gasteiger partial charge on any atom is -0.345 e. The summed E-state index contributed by atoms with van der Waals surface area (Å²) in [4.78, 5) is 18.0. The Bertz CT molecular complexity index is 337. The van der Waals surface area contributed by atoms with Crippen LogP contribution in [0, 0.1) is 0 Å². The van der Waals surface area contributed by atoms with Crippen LogP contribution in [0.25, 0.3) is 0 Å². The number of anilines is 1. The maximum absolute atomic E-state index is 10.6. The van der Waals surface area contributed by atoms with E-state index in [0.717, 1.165) is 22.8 Å². The predicted octanol–water partition coefficient (Wildman–Crippen LogP) is 2.72. The summed E-state index contributed by atoms with van der Waals surface area (Å²) in [6, 6.07) is 0.554. The molecule has 1 aromatic heterocycles. The molecule has 2 heterocycles. The zero-order valence-electron chi connectivity index (χ0n) is 8.98. The molecule has 1 fully saturated rings. The van der Waals surface area contributed by atoms with E-state index in [1.807, 2.05) is 0 Å². The average Bonchev–Trinajstić information content (AvgIpc) is 2.62. The Kier molecular flexibility index (Phi) is 3.36. The number of carbonyl (C=O) groups excluding carboxylic acids is 1. The van der Waals surface area contributed by atoms with E-state index in [4.69, 9.17) is 0 Å². The smallest absolute Gasteiger partial charge is 0.186 e. The molecule has 0 radical (unpaired) electrons. The normalized spacial score (nSPS) is 22.5. The monoisotopic (exact) mass is 224 g/mol. The molecule has 3 nitrogen and oxygen atoms in total. The number of hydrogen-bond acceptors (Lipinski definition) is 4. The van der Waals surface area contributed by atoms with Crippen LogP contribution in [0.15, 0.2) is 6.20 Å². The third kappa shape index (κ3) is 2.37. The molecule has 1 unspecified atom stereocenters. The Morgan fingerprint density at radius 3 is 3.13 bits per heavy atom. The van der Waals surface area contributed by atoms with Gasteiger partial charge in [0.2, 0.25) is 0 Å². The molecule has 1 aromatic rings. The van der Waals surface area contributed by atoms with Crippen LogP contribution in [0.3, 0.4) is 0 Å². The van der Waals surface area contributed by atoms with Crippen LogP contribution in [-0.4, -0.2) is 23.9 Å². The molecule has 0 bridgehead atoms. The molecule has 4 heteroatoms. The topological polar surface area (TPSA) is 33.2 Å². The highest BCUT2D eigenvalue weighted by Crippen LogP contribution is 2.27. The Labute approximate surface area is 94.1 Å². The van der Waals surface area contributed by atoms with E-state index in [0.29, 0.717) is 6.04 Å². The zero-order chi connectivity index (χ0) is 10.7. The van der Waals surface area contributed by atoms with Gasteiger partial charge in [0.25, 0.3) is 0 Å². The van der Waals surface area contributed by atoms with E-state index >= 15 is 0 Å². The second-order valence-corrected chi connectivity index (χ2v) is 5.10. The van der Waals surface area contributed by atoms with Crippen molar-refractivity contribution >= 4 is 22.8 Å². The van der Waals surface area contributed by atoms with Gasteiger partial charge in [-0.05, 0) is 19.8 Å². The Morgan fingerprint density at radius 2 is 2.40 bits per heavy atom. The van der Waals surface area contributed by atoms with Crippen molar-refractivity contribution in [2.24, 2.45) is 0 Å². The van der Waals surface area contributed by atoms with E-state index in [1.165, 1.54) is 37.0 Å². The van der Waals surface area contributed by atoms with Crippen molar-refractivity contribution in [1.29, 1.82) is 0 Å². The van der Waals surface area contributed by atoms with E-state index in [1.54, 1.807) is 6.20 Å². The van der Waals surface area contributed by atoms with Crippen LogP contribution in [0.1, 0.15) is 42.3 Å². The highest BCUT2D eigenvalue weighted by atomic mass is 32.1. The minimum absolute atomic E-state index is 0.554. The lowest BCUT2D eigenvalue weighted by atomic mass is 10.1. The first-order valence-corrected chi connectivity index (χ1v) is 6.30. The largest absolute Gasteiger partial charge is 0.345 e. The van der Waals surface area contributed by atoms with Gasteiger partial charge in [-0.25, -0.2) is 4.98 Å². The first-order valence-electron chi connectivity index (χ1n) is 5.49. The van der Waals surface area contributed by atoms with Gasteiger partial charge in [0.1, 0.15) is 0 Å². The molecule has 1 atom stereocenters. The van der Waals surface area contributed by atoms with E-state index in [9.17, 15) is 4.79 Å². The number of carbonyl (C=O) groups is 1. The van der Waals surface area contributed by atoms with Crippen molar-refractivity contribution in [2.75, 3.05) is 11.4 Å². The molecule has 82 valence electrons. The maximum Gasteiger partial charge on any atom is 0.186 e. The van der Waals surface area contributed by atoms with Crippen LogP contribution in [0.2, 0.25) is 0 Å². The molecule has 1 aliphatic heterocycles. The lowest BCUT2D eigenvalue weighted by Crippen LogP contribution is -2.32. The van der Waals surface area contributed by atoms with Crippen LogP contribution in [-0.2, 0) is 0 Å². The molecule has 2 rings (SSSR count). The Morgan fingerprint density at radius 1 is 1.53 bits per heavy atom. The second-order valence-electron chi connectivity index (χ2n) is 4.05. The summed E-state index contributed by atoms with van der Waals surface area (Å²) in [5, 5.41) is 1.01. The van der Waals surface area contributed by atoms with Gasteiger partial charge in [-0.1, -0.05) is 24.2 Å². The fraction of sp³-hybridized carbons (Fsp3) is 0.636. The van der Waals surface area contributed by atoms with Crippen molar-refractivity contribution < 1.29 is 4.79 Å². The van der Waals surface area contributed by atoms with Gasteiger partial charge in [0, 0.05) is 12.6 Å². The third-order valence-corrected chi connectivity index (χ3v) is 3.89. The molecule has 0 amide bonds. The molecule has 0 N–H and O–H groups in total. The summed E-state index contributed by atoms with van der Waals surface area (Å²) < 4.78 is 0. The Balaban J connectivity index is 2.16. The number of thiazole rings is 1. The van der Waals surface area contributed by atoms with Crippen LogP contribution < -0.4 is 4.90 Å². The molecule has 1 aliphatic rings. The molecule has 1 saturated heterocycles. The molecule has 0 aliphatic carbocycles. The molecule has 0 spiro atoms. The average molecular weight is 224 g/mol. The fourth-order valence-electron chi connectivity index (χ4n) is 2.02. The first kappa shape index (κ1) is 10.6. The molecular formula is C11H16N2OS. The molecule has 15 heavy (non-hydrogen) atoms. The van der Waals surface area contributed by atoms with Crippen LogP contribution in [0.5, 0.6) is 0 Å². The highest BCUT2D eigenvalue weighted by Gasteiger charge is 2.19. The number of nitrogens with zero attached hydrogens (tertiary/aromatic N) is 2. The lowest BCUT2D eigenvalue weighted by molar-refractivity contribution is 0.112. The van der Waals surface area contributed by atoms with Crippen molar-refractivity contribution in [3.05, 3.63) is 11.1 Å². The van der Waals surface area contributed by atoms with E-state index < -0.39 is 0 Å². The zero-order valence-corrected chi connectivity index (χ0v) is 9.80. The summed E-state index contributed by atoms with van der Waals surface area (Å²) in [6.45, 7) is 3.32. The predicted molar refractivity (Wildman–Crippen MR) is 62.8 cm³/mol. The van der Waals surface area contributed by atoms with Gasteiger partial charge >= 0.3 is 0 Å². The fourth-order valence-corrected chi connectivity index (χ4v) is 2.88. The molecule has 0 saturated carbocycles. The molecular weight excluding hydrogens is 208 g/mol. The molecule has 0 aromatic carbocycles. The highest BCUT2D eigenvalue weighted by molar-refractivity contribution is 7.17. The summed E-state index contributed by atoms with van der Waals surface area (Å²) in [6.07, 6.45) is 7.64. The quantitative estimate of drug-likeness (QED) is 0.724. The SMILES string of the molecule is CC1CCCCCN1c1ncc(C=O)s1. The standard InChI is InChI=1S/C11H16N2OS/c1-9-5-3-2-4-6-13(9)11-12-7-10(8-14)15-11/h7-9H,2-6H2,1H3. The van der Waals surface area contributed by atoms with Gasteiger partial charge in [-0.2, -0.15) is 0 Å². The minimum atomic E-state index is 0.554. The van der Waals surface area contributed by atoms with Gasteiger partial charge in [0.15, 0.2) is 11.4 Å². The van der Waals surface area contributed by atoms with Crippen LogP contribution in [0.4, 0.5) is 5.13 Å². The van der Waals surface area contributed by atoms with Gasteiger partial charge in [0.05, 0.1) is 11.1 Å². The summed E-state index contributed by atoms with van der Waals surface area (Å²) in [5.41, 5.74) is 0. The third-order valence-electron chi connectivity index (χ3n) is 2.93. The first-order chi connectivity index (χ1) is 7.31. The van der Waals surface area contributed by atoms with Gasteiger partial charge < -0.3 is 4.90 Å². The second kappa shape index (κ2) is 4.75. The van der Waals surface area contributed by atoms with Crippen molar-refractivity contribution in [2.45, 2.75) is 38.6 Å². The summed E-state index contributed by atoms with van der Waals surface area (Å²) >= 11 is 1.50. The number of aldehydes is 1. The summed E-state index contributed by atoms with van der Waals surface area (Å²) in [7, 11) is 0. The van der Waals surface area contributed by atoms with Crippen LogP contribution >= 0.6 is 11.3 Å². The Hall–Kier alpha value is -0.900. The van der Waals surface area contributed by atoms with E-state index in [-0.39, 0.29) is 0 Å². The van der Waals surface area contributed by atoms with Gasteiger partial charge in [-0.3, -0.25) is 4.79 Å². The number of rotatable bonds is 2. The van der Waals surface area contributed by atoms with Crippen molar-refractivity contribution in [3.8, 4) is 0 Å². The van der Waals surface area contributed by atoms with E-state index in [2.05, 4.69) is 16.8 Å². The lowest BCUT2D eigenvalue weighted by Gasteiger charge is -2.26. The van der Waals surface area contributed by atoms with Gasteiger partial charge in [-0.15, -0.1) is 0 Å². The summed E-state index contributed by atoms with van der Waals surface area (Å²) in [5.74, 6) is 0. The number of hydrogen-bond donors (Lipinski definition) is 0.